The van der Waals surface area contributed by atoms with Gasteiger partial charge in [0.2, 0.25) is 10.0 Å². The Morgan fingerprint density at radius 2 is 1.94 bits per heavy atom. The van der Waals surface area contributed by atoms with Crippen molar-refractivity contribution in [1.82, 2.24) is 4.72 Å². The quantitative estimate of drug-likeness (QED) is 0.791. The molecule has 0 radical (unpaired) electrons. The Morgan fingerprint density at radius 1 is 1.31 bits per heavy atom. The Bertz CT molecular complexity index is 461. The van der Waals surface area contributed by atoms with E-state index in [0.717, 1.165) is 0 Å². The fourth-order valence-corrected chi connectivity index (χ4v) is 2.42. The van der Waals surface area contributed by atoms with Crippen LogP contribution in [0.25, 0.3) is 0 Å². The summed E-state index contributed by atoms with van der Waals surface area (Å²) in [7, 11) is -3.45. The van der Waals surface area contributed by atoms with Crippen molar-refractivity contribution >= 4 is 15.7 Å². The van der Waals surface area contributed by atoms with E-state index in [-0.39, 0.29) is 10.3 Å². The van der Waals surface area contributed by atoms with E-state index < -0.39 is 10.0 Å². The standard InChI is InChI=1S/C11H18N2O2S/c1-11(2,3)8-13-16(14,15)10-6-4-5-9(12)7-10/h4-7,13H,8,12H2,1-3H3. The average Bonchev–Trinajstić information content (AvgIpc) is 2.14. The lowest BCUT2D eigenvalue weighted by atomic mass is 9.98. The second-order valence-electron chi connectivity index (χ2n) is 4.96. The minimum Gasteiger partial charge on any atom is -0.399 e. The SMILES string of the molecule is CC(C)(C)CNS(=O)(=O)c1cccc(N)c1. The topological polar surface area (TPSA) is 72.2 Å². The Morgan fingerprint density at radius 3 is 2.44 bits per heavy atom. The first-order chi connectivity index (χ1) is 7.21. The summed E-state index contributed by atoms with van der Waals surface area (Å²) >= 11 is 0. The van der Waals surface area contributed by atoms with Crippen LogP contribution in [0.15, 0.2) is 29.2 Å². The molecule has 16 heavy (non-hydrogen) atoms. The maximum absolute atomic E-state index is 11.9. The summed E-state index contributed by atoms with van der Waals surface area (Å²) in [6.45, 7) is 6.29. The molecule has 0 amide bonds. The number of hydrogen-bond donors (Lipinski definition) is 2. The Hall–Kier alpha value is -1.07. The van der Waals surface area contributed by atoms with Crippen LogP contribution in [0.3, 0.4) is 0 Å². The van der Waals surface area contributed by atoms with E-state index in [1.807, 2.05) is 20.8 Å². The lowest BCUT2D eigenvalue weighted by Gasteiger charge is -2.18. The molecule has 0 atom stereocenters. The molecule has 1 aromatic rings. The van der Waals surface area contributed by atoms with Crippen LogP contribution in [0.1, 0.15) is 20.8 Å². The van der Waals surface area contributed by atoms with Crippen molar-refractivity contribution in [2.45, 2.75) is 25.7 Å². The van der Waals surface area contributed by atoms with Crippen LogP contribution in [0, 0.1) is 5.41 Å². The maximum Gasteiger partial charge on any atom is 0.240 e. The number of nitrogens with two attached hydrogens (primary N) is 1. The van der Waals surface area contributed by atoms with Gasteiger partial charge in [-0.3, -0.25) is 0 Å². The monoisotopic (exact) mass is 242 g/mol. The van der Waals surface area contributed by atoms with E-state index in [1.165, 1.54) is 12.1 Å². The summed E-state index contributed by atoms with van der Waals surface area (Å²) in [6.07, 6.45) is 0. The lowest BCUT2D eigenvalue weighted by molar-refractivity contribution is 0.407. The largest absolute Gasteiger partial charge is 0.399 e. The fraction of sp³-hybridized carbons (Fsp3) is 0.455. The summed E-state index contributed by atoms with van der Waals surface area (Å²) in [4.78, 5) is 0.205. The van der Waals surface area contributed by atoms with Crippen molar-refractivity contribution < 1.29 is 8.42 Å². The van der Waals surface area contributed by atoms with Crippen LogP contribution in [0.5, 0.6) is 0 Å². The van der Waals surface area contributed by atoms with Crippen LogP contribution in [-0.4, -0.2) is 15.0 Å². The molecule has 0 heterocycles. The van der Waals surface area contributed by atoms with Gasteiger partial charge in [0.1, 0.15) is 0 Å². The summed E-state index contributed by atoms with van der Waals surface area (Å²) in [5, 5.41) is 0. The van der Waals surface area contributed by atoms with E-state index in [0.29, 0.717) is 12.2 Å². The number of nitrogen functional groups attached to an aromatic ring is 1. The highest BCUT2D eigenvalue weighted by molar-refractivity contribution is 7.89. The molecule has 5 heteroatoms. The van der Waals surface area contributed by atoms with Crippen molar-refractivity contribution in [3.63, 3.8) is 0 Å². The molecule has 0 aliphatic rings. The van der Waals surface area contributed by atoms with Crippen molar-refractivity contribution in [2.75, 3.05) is 12.3 Å². The second kappa shape index (κ2) is 4.43. The summed E-state index contributed by atoms with van der Waals surface area (Å²) in [5.74, 6) is 0. The molecule has 0 aromatic heterocycles. The molecule has 0 aliphatic carbocycles. The van der Waals surface area contributed by atoms with E-state index in [2.05, 4.69) is 4.72 Å². The van der Waals surface area contributed by atoms with Crippen molar-refractivity contribution in [3.05, 3.63) is 24.3 Å². The van der Waals surface area contributed by atoms with Gasteiger partial charge in [0, 0.05) is 12.2 Å². The zero-order valence-corrected chi connectivity index (χ0v) is 10.6. The smallest absolute Gasteiger partial charge is 0.240 e. The molecular weight excluding hydrogens is 224 g/mol. The summed E-state index contributed by atoms with van der Waals surface area (Å²) in [5.41, 5.74) is 5.90. The molecule has 90 valence electrons. The average molecular weight is 242 g/mol. The van der Waals surface area contributed by atoms with Crippen molar-refractivity contribution in [2.24, 2.45) is 5.41 Å². The maximum atomic E-state index is 11.9. The number of anilines is 1. The molecule has 0 bridgehead atoms. The van der Waals surface area contributed by atoms with Crippen LogP contribution in [0.4, 0.5) is 5.69 Å². The summed E-state index contributed by atoms with van der Waals surface area (Å²) in [6, 6.07) is 6.26. The summed E-state index contributed by atoms with van der Waals surface area (Å²) < 4.78 is 26.3. The highest BCUT2D eigenvalue weighted by Gasteiger charge is 2.18. The highest BCUT2D eigenvalue weighted by atomic mass is 32.2. The van der Waals surface area contributed by atoms with Gasteiger partial charge in [-0.05, 0) is 23.6 Å². The normalized spacial score (nSPS) is 12.7. The van der Waals surface area contributed by atoms with E-state index in [9.17, 15) is 8.42 Å². The number of hydrogen-bond acceptors (Lipinski definition) is 3. The van der Waals surface area contributed by atoms with Crippen LogP contribution < -0.4 is 10.5 Å². The van der Waals surface area contributed by atoms with Gasteiger partial charge in [-0.1, -0.05) is 26.8 Å². The number of sulfonamides is 1. The zero-order chi connectivity index (χ0) is 12.4. The fourth-order valence-electron chi connectivity index (χ4n) is 1.08. The second-order valence-corrected chi connectivity index (χ2v) is 6.72. The first-order valence-corrected chi connectivity index (χ1v) is 6.54. The number of nitrogens with one attached hydrogen (secondary N) is 1. The lowest BCUT2D eigenvalue weighted by Crippen LogP contribution is -2.32. The van der Waals surface area contributed by atoms with E-state index in [1.54, 1.807) is 12.1 Å². The molecule has 0 fully saturated rings. The van der Waals surface area contributed by atoms with Crippen LogP contribution in [-0.2, 0) is 10.0 Å². The van der Waals surface area contributed by atoms with E-state index in [4.69, 9.17) is 5.73 Å². The van der Waals surface area contributed by atoms with Gasteiger partial charge in [0.25, 0.3) is 0 Å². The minimum atomic E-state index is -3.45. The third kappa shape index (κ3) is 3.83. The third-order valence-electron chi connectivity index (χ3n) is 1.96. The van der Waals surface area contributed by atoms with Gasteiger partial charge >= 0.3 is 0 Å². The predicted molar refractivity (Wildman–Crippen MR) is 65.5 cm³/mol. The van der Waals surface area contributed by atoms with Crippen LogP contribution in [0.2, 0.25) is 0 Å². The molecule has 0 aliphatic heterocycles. The third-order valence-corrected chi connectivity index (χ3v) is 3.36. The predicted octanol–water partition coefficient (Wildman–Crippen LogP) is 1.59. The number of rotatable bonds is 3. The van der Waals surface area contributed by atoms with Crippen LogP contribution >= 0.6 is 0 Å². The zero-order valence-electron chi connectivity index (χ0n) is 9.82. The van der Waals surface area contributed by atoms with Gasteiger partial charge in [0.05, 0.1) is 4.90 Å². The van der Waals surface area contributed by atoms with Crippen molar-refractivity contribution in [1.29, 1.82) is 0 Å². The van der Waals surface area contributed by atoms with Gasteiger partial charge < -0.3 is 5.73 Å². The molecule has 0 saturated carbocycles. The Labute approximate surface area is 96.9 Å². The van der Waals surface area contributed by atoms with Gasteiger partial charge in [-0.2, -0.15) is 0 Å². The van der Waals surface area contributed by atoms with Gasteiger partial charge in [-0.15, -0.1) is 0 Å². The molecule has 0 unspecified atom stereocenters. The number of benzene rings is 1. The van der Waals surface area contributed by atoms with Gasteiger partial charge in [-0.25, -0.2) is 13.1 Å². The van der Waals surface area contributed by atoms with Gasteiger partial charge in [0.15, 0.2) is 0 Å². The highest BCUT2D eigenvalue weighted by Crippen LogP contribution is 2.15. The minimum absolute atomic E-state index is 0.0899. The molecule has 1 aromatic carbocycles. The first-order valence-electron chi connectivity index (χ1n) is 5.06. The molecule has 1 rings (SSSR count). The Balaban J connectivity index is 2.87. The Kier molecular flexibility index (Phi) is 3.60. The molecule has 0 spiro atoms. The molecule has 3 N–H and O–H groups in total. The van der Waals surface area contributed by atoms with E-state index >= 15 is 0 Å². The first kappa shape index (κ1) is 13.0. The molecule has 0 saturated heterocycles. The van der Waals surface area contributed by atoms with Crippen molar-refractivity contribution in [3.8, 4) is 0 Å². The molecule has 4 nitrogen and oxygen atoms in total. The molecular formula is C11H18N2O2S.